The van der Waals surface area contributed by atoms with Gasteiger partial charge in [-0.05, 0) is 35.4 Å². The summed E-state index contributed by atoms with van der Waals surface area (Å²) in [7, 11) is 0. The average Bonchev–Trinajstić information content (AvgIpc) is 2.51. The van der Waals surface area contributed by atoms with Crippen molar-refractivity contribution >= 4 is 5.69 Å². The summed E-state index contributed by atoms with van der Waals surface area (Å²) in [6, 6.07) is 15.2. The number of rotatable bonds is 3. The summed E-state index contributed by atoms with van der Waals surface area (Å²) in [6.07, 6.45) is 5.16. The Morgan fingerprint density at radius 3 is 2.35 bits per heavy atom. The predicted molar refractivity (Wildman–Crippen MR) is 78.4 cm³/mol. The van der Waals surface area contributed by atoms with Crippen molar-refractivity contribution in [1.29, 1.82) is 0 Å². The minimum absolute atomic E-state index is 0.522. The highest BCUT2D eigenvalue weighted by Crippen LogP contribution is 2.24. The Bertz CT molecular complexity index is 679. The lowest BCUT2D eigenvalue weighted by molar-refractivity contribution is 0.463. The first-order chi connectivity index (χ1) is 9.81. The van der Waals surface area contributed by atoms with E-state index in [1.54, 1.807) is 24.5 Å². The van der Waals surface area contributed by atoms with Gasteiger partial charge in [-0.1, -0.05) is 18.2 Å². The number of ether oxygens (including phenoxy) is 1. The highest BCUT2D eigenvalue weighted by molar-refractivity contribution is 5.63. The third-order valence-corrected chi connectivity index (χ3v) is 2.83. The fraction of sp³-hybridized carbons (Fsp3) is 0. The minimum Gasteiger partial charge on any atom is -0.439 e. The molecular weight excluding hydrogens is 250 g/mol. The van der Waals surface area contributed by atoms with Crippen LogP contribution in [0.5, 0.6) is 11.6 Å². The van der Waals surface area contributed by atoms with Crippen LogP contribution in [-0.2, 0) is 0 Å². The number of hydrogen-bond donors (Lipinski definition) is 1. The second-order valence-electron chi connectivity index (χ2n) is 4.30. The zero-order chi connectivity index (χ0) is 13.8. The number of nitrogens with two attached hydrogens (primary N) is 1. The number of pyridine rings is 2. The van der Waals surface area contributed by atoms with E-state index in [9.17, 15) is 0 Å². The summed E-state index contributed by atoms with van der Waals surface area (Å²) in [5, 5.41) is 0. The first kappa shape index (κ1) is 12.2. The van der Waals surface area contributed by atoms with E-state index in [1.807, 2.05) is 42.6 Å². The van der Waals surface area contributed by atoms with Crippen LogP contribution in [0.1, 0.15) is 0 Å². The molecule has 20 heavy (non-hydrogen) atoms. The van der Waals surface area contributed by atoms with E-state index >= 15 is 0 Å². The molecule has 2 aromatic heterocycles. The van der Waals surface area contributed by atoms with Gasteiger partial charge in [-0.15, -0.1) is 0 Å². The van der Waals surface area contributed by atoms with Crippen LogP contribution in [0.2, 0.25) is 0 Å². The summed E-state index contributed by atoms with van der Waals surface area (Å²) < 4.78 is 5.64. The van der Waals surface area contributed by atoms with Crippen molar-refractivity contribution < 1.29 is 4.74 Å². The van der Waals surface area contributed by atoms with Gasteiger partial charge < -0.3 is 10.5 Å². The Labute approximate surface area is 116 Å². The maximum Gasteiger partial charge on any atom is 0.219 e. The molecule has 0 radical (unpaired) electrons. The number of nitrogens with zero attached hydrogens (tertiary/aromatic N) is 2. The maximum absolute atomic E-state index is 5.64. The fourth-order valence-electron chi connectivity index (χ4n) is 1.82. The van der Waals surface area contributed by atoms with E-state index in [-0.39, 0.29) is 0 Å². The number of aromatic nitrogens is 2. The number of nitrogen functional groups attached to an aromatic ring is 1. The molecule has 0 aliphatic rings. The molecule has 0 aliphatic carbocycles. The monoisotopic (exact) mass is 263 g/mol. The Hall–Kier alpha value is -2.88. The predicted octanol–water partition coefficient (Wildman–Crippen LogP) is 3.52. The van der Waals surface area contributed by atoms with Crippen molar-refractivity contribution in [3.05, 3.63) is 67.1 Å². The van der Waals surface area contributed by atoms with Crippen molar-refractivity contribution in [2.24, 2.45) is 0 Å². The maximum atomic E-state index is 5.64. The third-order valence-electron chi connectivity index (χ3n) is 2.83. The van der Waals surface area contributed by atoms with E-state index in [2.05, 4.69) is 9.97 Å². The van der Waals surface area contributed by atoms with E-state index in [0.29, 0.717) is 11.6 Å². The van der Waals surface area contributed by atoms with Crippen LogP contribution in [-0.4, -0.2) is 9.97 Å². The first-order valence-corrected chi connectivity index (χ1v) is 6.21. The van der Waals surface area contributed by atoms with E-state index in [0.717, 1.165) is 16.9 Å². The highest BCUT2D eigenvalue weighted by Gasteiger charge is 2.00. The minimum atomic E-state index is 0.522. The van der Waals surface area contributed by atoms with Crippen molar-refractivity contribution in [2.75, 3.05) is 5.73 Å². The molecule has 1 aromatic carbocycles. The van der Waals surface area contributed by atoms with Crippen LogP contribution < -0.4 is 10.5 Å². The lowest BCUT2D eigenvalue weighted by atomic mass is 10.1. The molecule has 0 spiro atoms. The molecule has 3 aromatic rings. The molecule has 0 aliphatic heterocycles. The largest absolute Gasteiger partial charge is 0.439 e. The molecular formula is C16H13N3O. The molecule has 0 saturated carbocycles. The highest BCUT2D eigenvalue weighted by atomic mass is 16.5. The Morgan fingerprint density at radius 2 is 1.70 bits per heavy atom. The quantitative estimate of drug-likeness (QED) is 0.785. The van der Waals surface area contributed by atoms with Crippen LogP contribution in [0.3, 0.4) is 0 Å². The Morgan fingerprint density at radius 1 is 0.850 bits per heavy atom. The van der Waals surface area contributed by atoms with Crippen molar-refractivity contribution in [2.45, 2.75) is 0 Å². The fourth-order valence-corrected chi connectivity index (χ4v) is 1.82. The summed E-state index contributed by atoms with van der Waals surface area (Å²) in [5.74, 6) is 1.25. The molecule has 0 saturated heterocycles. The van der Waals surface area contributed by atoms with Crippen molar-refractivity contribution in [3.8, 4) is 22.8 Å². The molecule has 0 amide bonds. The molecule has 3 rings (SSSR count). The third kappa shape index (κ3) is 2.75. The Balaban J connectivity index is 1.78. The van der Waals surface area contributed by atoms with E-state index in [4.69, 9.17) is 10.5 Å². The molecule has 0 atom stereocenters. The van der Waals surface area contributed by atoms with Crippen LogP contribution in [0.25, 0.3) is 11.1 Å². The van der Waals surface area contributed by atoms with E-state index < -0.39 is 0 Å². The number of anilines is 1. The molecule has 0 fully saturated rings. The van der Waals surface area contributed by atoms with E-state index in [1.165, 1.54) is 0 Å². The SMILES string of the molecule is Nc1ccc(Oc2ccc(-c3cccnc3)cc2)nc1. The second-order valence-corrected chi connectivity index (χ2v) is 4.30. The van der Waals surface area contributed by atoms with Crippen molar-refractivity contribution in [3.63, 3.8) is 0 Å². The van der Waals surface area contributed by atoms with Gasteiger partial charge in [0.05, 0.1) is 11.9 Å². The smallest absolute Gasteiger partial charge is 0.219 e. The summed E-state index contributed by atoms with van der Waals surface area (Å²) in [5.41, 5.74) is 8.36. The van der Waals surface area contributed by atoms with Gasteiger partial charge in [0.25, 0.3) is 0 Å². The van der Waals surface area contributed by atoms with Gasteiger partial charge in [0, 0.05) is 18.5 Å². The molecule has 4 nitrogen and oxygen atoms in total. The van der Waals surface area contributed by atoms with Crippen molar-refractivity contribution in [1.82, 2.24) is 9.97 Å². The summed E-state index contributed by atoms with van der Waals surface area (Å²) >= 11 is 0. The second kappa shape index (κ2) is 5.40. The normalized spacial score (nSPS) is 10.2. The van der Waals surface area contributed by atoms with Gasteiger partial charge in [-0.3, -0.25) is 4.98 Å². The first-order valence-electron chi connectivity index (χ1n) is 6.21. The lowest BCUT2D eigenvalue weighted by Crippen LogP contribution is -1.90. The van der Waals surface area contributed by atoms with Gasteiger partial charge >= 0.3 is 0 Å². The van der Waals surface area contributed by atoms with Gasteiger partial charge in [-0.2, -0.15) is 0 Å². The average molecular weight is 263 g/mol. The zero-order valence-corrected chi connectivity index (χ0v) is 10.7. The molecule has 0 bridgehead atoms. The van der Waals surface area contributed by atoms with Crippen LogP contribution >= 0.6 is 0 Å². The van der Waals surface area contributed by atoms with Crippen LogP contribution in [0, 0.1) is 0 Å². The summed E-state index contributed by atoms with van der Waals surface area (Å²) in [4.78, 5) is 8.20. The Kier molecular flexibility index (Phi) is 3.29. The van der Waals surface area contributed by atoms with Gasteiger partial charge in [0.15, 0.2) is 0 Å². The van der Waals surface area contributed by atoms with Gasteiger partial charge in [0.2, 0.25) is 5.88 Å². The lowest BCUT2D eigenvalue weighted by Gasteiger charge is -2.06. The topological polar surface area (TPSA) is 61.0 Å². The number of hydrogen-bond acceptors (Lipinski definition) is 4. The molecule has 2 N–H and O–H groups in total. The van der Waals surface area contributed by atoms with Gasteiger partial charge in [0.1, 0.15) is 5.75 Å². The summed E-state index contributed by atoms with van der Waals surface area (Å²) in [6.45, 7) is 0. The van der Waals surface area contributed by atoms with Gasteiger partial charge in [-0.25, -0.2) is 4.98 Å². The molecule has 4 heteroatoms. The zero-order valence-electron chi connectivity index (χ0n) is 10.7. The van der Waals surface area contributed by atoms with Crippen LogP contribution in [0.15, 0.2) is 67.1 Å². The molecule has 98 valence electrons. The molecule has 0 unspecified atom stereocenters. The molecule has 2 heterocycles. The number of benzene rings is 1. The standard InChI is InChI=1S/C16H13N3O/c17-14-5-8-16(19-11-14)20-15-6-3-12(4-7-15)13-2-1-9-18-10-13/h1-11H,17H2. The van der Waals surface area contributed by atoms with Crippen LogP contribution in [0.4, 0.5) is 5.69 Å².